The molecule has 0 bridgehead atoms. The molecule has 1 aromatic rings. The molecular formula is C11H20N4O2S. The first-order valence-electron chi connectivity index (χ1n) is 6.32. The second-order valence-electron chi connectivity index (χ2n) is 4.93. The van der Waals surface area contributed by atoms with Crippen LogP contribution in [0.15, 0.2) is 6.07 Å². The van der Waals surface area contributed by atoms with E-state index in [2.05, 4.69) is 14.9 Å². The molecule has 0 unspecified atom stereocenters. The van der Waals surface area contributed by atoms with E-state index in [0.717, 1.165) is 25.0 Å². The van der Waals surface area contributed by atoms with E-state index in [0.29, 0.717) is 24.8 Å². The standard InChI is InChI=1S/C11H20N4O2S/c1-9(2)10-8-11(13-12-10)14-18(16,17)15-6-4-3-5-7-15/h8-9H,3-7H2,1-2H3,(H2,12,13,14). The van der Waals surface area contributed by atoms with E-state index in [4.69, 9.17) is 0 Å². The lowest BCUT2D eigenvalue weighted by Gasteiger charge is -2.25. The minimum atomic E-state index is -3.45. The van der Waals surface area contributed by atoms with Crippen molar-refractivity contribution in [3.05, 3.63) is 11.8 Å². The largest absolute Gasteiger partial charge is 0.302 e. The molecule has 2 rings (SSSR count). The van der Waals surface area contributed by atoms with E-state index >= 15 is 0 Å². The van der Waals surface area contributed by atoms with Crippen LogP contribution >= 0.6 is 0 Å². The summed E-state index contributed by atoms with van der Waals surface area (Å²) < 4.78 is 28.2. The monoisotopic (exact) mass is 272 g/mol. The van der Waals surface area contributed by atoms with Crippen molar-refractivity contribution in [1.29, 1.82) is 0 Å². The third-order valence-electron chi connectivity index (χ3n) is 3.11. The highest BCUT2D eigenvalue weighted by molar-refractivity contribution is 7.90. The highest BCUT2D eigenvalue weighted by Gasteiger charge is 2.24. The predicted molar refractivity (Wildman–Crippen MR) is 70.6 cm³/mol. The van der Waals surface area contributed by atoms with E-state index < -0.39 is 10.2 Å². The molecule has 0 atom stereocenters. The molecule has 1 fully saturated rings. The summed E-state index contributed by atoms with van der Waals surface area (Å²) >= 11 is 0. The van der Waals surface area contributed by atoms with Crippen LogP contribution in [-0.4, -0.2) is 36.0 Å². The summed E-state index contributed by atoms with van der Waals surface area (Å²) in [6.07, 6.45) is 2.96. The molecule has 1 saturated heterocycles. The first-order chi connectivity index (χ1) is 8.49. The fraction of sp³-hybridized carbons (Fsp3) is 0.727. The van der Waals surface area contributed by atoms with Gasteiger partial charge in [0.2, 0.25) is 0 Å². The number of nitrogens with zero attached hydrogens (tertiary/aromatic N) is 2. The maximum Gasteiger partial charge on any atom is 0.302 e. The minimum absolute atomic E-state index is 0.297. The van der Waals surface area contributed by atoms with Gasteiger partial charge in [-0.25, -0.2) is 0 Å². The van der Waals surface area contributed by atoms with E-state index in [9.17, 15) is 8.42 Å². The Morgan fingerprint density at radius 1 is 1.33 bits per heavy atom. The topological polar surface area (TPSA) is 78.1 Å². The summed E-state index contributed by atoms with van der Waals surface area (Å²) in [5.74, 6) is 0.662. The Labute approximate surface area is 108 Å². The molecule has 0 amide bonds. The maximum atomic E-state index is 12.1. The summed E-state index contributed by atoms with van der Waals surface area (Å²) in [5.41, 5.74) is 0.923. The Kier molecular flexibility index (Phi) is 3.91. The first kappa shape index (κ1) is 13.4. The lowest BCUT2D eigenvalue weighted by atomic mass is 10.1. The number of aromatic nitrogens is 2. The molecule has 18 heavy (non-hydrogen) atoms. The van der Waals surface area contributed by atoms with Crippen LogP contribution in [0.1, 0.15) is 44.7 Å². The zero-order valence-corrected chi connectivity index (χ0v) is 11.6. The van der Waals surface area contributed by atoms with Gasteiger partial charge in [0.25, 0.3) is 0 Å². The fourth-order valence-electron chi connectivity index (χ4n) is 1.99. The highest BCUT2D eigenvalue weighted by atomic mass is 32.2. The Hall–Kier alpha value is -1.08. The number of piperidine rings is 1. The lowest BCUT2D eigenvalue weighted by Crippen LogP contribution is -2.39. The summed E-state index contributed by atoms with van der Waals surface area (Å²) in [4.78, 5) is 0. The quantitative estimate of drug-likeness (QED) is 0.875. The zero-order valence-electron chi connectivity index (χ0n) is 10.8. The number of hydrogen-bond acceptors (Lipinski definition) is 3. The number of rotatable bonds is 4. The van der Waals surface area contributed by atoms with Gasteiger partial charge in [0.05, 0.1) is 0 Å². The minimum Gasteiger partial charge on any atom is -0.280 e. The molecule has 2 N–H and O–H groups in total. The maximum absolute atomic E-state index is 12.1. The van der Waals surface area contributed by atoms with Gasteiger partial charge in [0.1, 0.15) is 0 Å². The molecular weight excluding hydrogens is 252 g/mol. The van der Waals surface area contributed by atoms with Gasteiger partial charge in [-0.1, -0.05) is 20.3 Å². The molecule has 7 heteroatoms. The molecule has 0 radical (unpaired) electrons. The van der Waals surface area contributed by atoms with E-state index in [1.54, 1.807) is 6.07 Å². The number of aromatic amines is 1. The van der Waals surface area contributed by atoms with Crippen LogP contribution in [0.2, 0.25) is 0 Å². The average Bonchev–Trinajstić information content (AvgIpc) is 2.78. The highest BCUT2D eigenvalue weighted by Crippen LogP contribution is 2.18. The molecule has 1 aliphatic rings. The number of nitrogens with one attached hydrogen (secondary N) is 2. The SMILES string of the molecule is CC(C)c1cc(NS(=O)(=O)N2CCCCC2)n[nH]1. The van der Waals surface area contributed by atoms with Crippen LogP contribution in [0.3, 0.4) is 0 Å². The van der Waals surface area contributed by atoms with Crippen LogP contribution < -0.4 is 4.72 Å². The van der Waals surface area contributed by atoms with Gasteiger partial charge in [-0.15, -0.1) is 0 Å². The van der Waals surface area contributed by atoms with Crippen LogP contribution in [0.5, 0.6) is 0 Å². The molecule has 0 spiro atoms. The lowest BCUT2D eigenvalue weighted by molar-refractivity contribution is 0.349. The molecule has 1 aliphatic heterocycles. The van der Waals surface area contributed by atoms with Crippen molar-refractivity contribution in [2.75, 3.05) is 17.8 Å². The molecule has 0 saturated carbocycles. The number of anilines is 1. The molecule has 6 nitrogen and oxygen atoms in total. The molecule has 0 aliphatic carbocycles. The Bertz CT molecular complexity index is 489. The van der Waals surface area contributed by atoms with Gasteiger partial charge >= 0.3 is 10.2 Å². The van der Waals surface area contributed by atoms with Gasteiger partial charge in [-0.05, 0) is 18.8 Å². The summed E-state index contributed by atoms with van der Waals surface area (Å²) in [6, 6.07) is 1.74. The predicted octanol–water partition coefficient (Wildman–Crippen LogP) is 1.68. The van der Waals surface area contributed by atoms with Gasteiger partial charge < -0.3 is 0 Å². The van der Waals surface area contributed by atoms with E-state index in [-0.39, 0.29) is 0 Å². The Morgan fingerprint density at radius 2 is 2.00 bits per heavy atom. The van der Waals surface area contributed by atoms with Crippen LogP contribution in [-0.2, 0) is 10.2 Å². The smallest absolute Gasteiger partial charge is 0.280 e. The van der Waals surface area contributed by atoms with Crippen molar-refractivity contribution in [2.45, 2.75) is 39.0 Å². The van der Waals surface area contributed by atoms with E-state index in [1.165, 1.54) is 4.31 Å². The van der Waals surface area contributed by atoms with Gasteiger partial charge in [0.15, 0.2) is 5.82 Å². The van der Waals surface area contributed by atoms with Crippen LogP contribution in [0.4, 0.5) is 5.82 Å². The van der Waals surface area contributed by atoms with Gasteiger partial charge in [-0.3, -0.25) is 9.82 Å². The van der Waals surface area contributed by atoms with Crippen molar-refractivity contribution in [2.24, 2.45) is 0 Å². The van der Waals surface area contributed by atoms with Crippen molar-refractivity contribution in [1.82, 2.24) is 14.5 Å². The Balaban J connectivity index is 2.06. The summed E-state index contributed by atoms with van der Waals surface area (Å²) in [5, 5.41) is 6.81. The van der Waals surface area contributed by atoms with Crippen LogP contribution in [0.25, 0.3) is 0 Å². The third-order valence-corrected chi connectivity index (χ3v) is 4.62. The van der Waals surface area contributed by atoms with Crippen molar-refractivity contribution < 1.29 is 8.42 Å². The number of H-pyrrole nitrogens is 1. The van der Waals surface area contributed by atoms with Gasteiger partial charge in [0, 0.05) is 24.8 Å². The zero-order chi connectivity index (χ0) is 13.2. The summed E-state index contributed by atoms with van der Waals surface area (Å²) in [7, 11) is -3.45. The van der Waals surface area contributed by atoms with Gasteiger partial charge in [-0.2, -0.15) is 17.8 Å². The average molecular weight is 272 g/mol. The fourth-order valence-corrected chi connectivity index (χ4v) is 3.22. The molecule has 2 heterocycles. The first-order valence-corrected chi connectivity index (χ1v) is 7.76. The molecule has 1 aromatic heterocycles. The second-order valence-corrected chi connectivity index (χ2v) is 6.60. The van der Waals surface area contributed by atoms with E-state index in [1.807, 2.05) is 13.8 Å². The van der Waals surface area contributed by atoms with Crippen molar-refractivity contribution in [3.63, 3.8) is 0 Å². The normalized spacial score (nSPS) is 18.2. The van der Waals surface area contributed by atoms with Crippen LogP contribution in [0, 0.1) is 0 Å². The second kappa shape index (κ2) is 5.27. The Morgan fingerprint density at radius 3 is 2.56 bits per heavy atom. The third kappa shape index (κ3) is 3.02. The van der Waals surface area contributed by atoms with Crippen molar-refractivity contribution in [3.8, 4) is 0 Å². The number of hydrogen-bond donors (Lipinski definition) is 2. The summed E-state index contributed by atoms with van der Waals surface area (Å²) in [6.45, 7) is 5.24. The molecule has 102 valence electrons. The molecule has 0 aromatic carbocycles. The van der Waals surface area contributed by atoms with Crippen molar-refractivity contribution >= 4 is 16.0 Å².